The zero-order valence-electron chi connectivity index (χ0n) is 12.5. The zero-order chi connectivity index (χ0) is 13.3. The summed E-state index contributed by atoms with van der Waals surface area (Å²) >= 11 is 2.17. The van der Waals surface area contributed by atoms with Crippen molar-refractivity contribution in [2.75, 3.05) is 12.4 Å². The average molecular weight is 283 g/mol. The summed E-state index contributed by atoms with van der Waals surface area (Å²) in [6.07, 6.45) is 10.3. The van der Waals surface area contributed by atoms with Crippen LogP contribution in [0.25, 0.3) is 0 Å². The van der Waals surface area contributed by atoms with Gasteiger partial charge in [0.05, 0.1) is 6.10 Å². The molecule has 1 N–H and O–H groups in total. The van der Waals surface area contributed by atoms with Gasteiger partial charge in [-0.1, -0.05) is 19.8 Å². The minimum atomic E-state index is 0.528. The lowest BCUT2D eigenvalue weighted by Gasteiger charge is -2.62. The quantitative estimate of drug-likeness (QED) is 0.805. The molecule has 0 bridgehead atoms. The Kier molecular flexibility index (Phi) is 4.45. The summed E-state index contributed by atoms with van der Waals surface area (Å²) in [7, 11) is 0. The molecule has 4 unspecified atom stereocenters. The van der Waals surface area contributed by atoms with Gasteiger partial charge in [-0.3, -0.25) is 0 Å². The first-order chi connectivity index (χ1) is 9.30. The maximum atomic E-state index is 5.96. The van der Waals surface area contributed by atoms with Gasteiger partial charge in [0.1, 0.15) is 0 Å². The Bertz CT molecular complexity index is 305. The summed E-state index contributed by atoms with van der Waals surface area (Å²) in [5, 5.41) is 4.90. The van der Waals surface area contributed by atoms with Crippen molar-refractivity contribution < 1.29 is 4.74 Å². The van der Waals surface area contributed by atoms with Crippen LogP contribution in [0.3, 0.4) is 0 Å². The monoisotopic (exact) mass is 283 g/mol. The standard InChI is InChI=1S/C16H29NOS/c1-3-18-15-11-14(16(15)9-6-10-16)17-12-7-5-8-13(12)19-4-2/h12-15,17H,3-11H2,1-2H3. The molecule has 0 radical (unpaired) electrons. The first-order valence-electron chi connectivity index (χ1n) is 8.29. The fraction of sp³-hybridized carbons (Fsp3) is 1.00. The van der Waals surface area contributed by atoms with Crippen molar-refractivity contribution >= 4 is 11.8 Å². The van der Waals surface area contributed by atoms with E-state index in [1.807, 2.05) is 0 Å². The second-order valence-corrected chi connectivity index (χ2v) is 8.03. The third-order valence-corrected chi connectivity index (χ3v) is 7.01. The molecule has 0 aromatic rings. The summed E-state index contributed by atoms with van der Waals surface area (Å²) < 4.78 is 5.96. The summed E-state index contributed by atoms with van der Waals surface area (Å²) in [4.78, 5) is 0. The van der Waals surface area contributed by atoms with Crippen LogP contribution in [-0.2, 0) is 4.74 Å². The third kappa shape index (κ3) is 2.47. The number of ether oxygens (including phenoxy) is 1. The maximum absolute atomic E-state index is 5.96. The second-order valence-electron chi connectivity index (χ2n) is 6.52. The summed E-state index contributed by atoms with van der Waals surface area (Å²) in [6, 6.07) is 1.52. The van der Waals surface area contributed by atoms with Crippen molar-refractivity contribution in [2.24, 2.45) is 5.41 Å². The summed E-state index contributed by atoms with van der Waals surface area (Å²) in [5.41, 5.74) is 0.528. The molecule has 3 fully saturated rings. The van der Waals surface area contributed by atoms with Gasteiger partial charge in [0.2, 0.25) is 0 Å². The van der Waals surface area contributed by atoms with Crippen LogP contribution in [0.1, 0.15) is 58.8 Å². The minimum absolute atomic E-state index is 0.528. The molecule has 0 aliphatic heterocycles. The lowest BCUT2D eigenvalue weighted by molar-refractivity contribution is -0.174. The van der Waals surface area contributed by atoms with Gasteiger partial charge in [-0.2, -0.15) is 11.8 Å². The predicted octanol–water partition coefficient (Wildman–Crippen LogP) is 3.60. The highest BCUT2D eigenvalue weighted by atomic mass is 32.2. The van der Waals surface area contributed by atoms with Crippen molar-refractivity contribution in [1.82, 2.24) is 5.32 Å². The van der Waals surface area contributed by atoms with Gasteiger partial charge in [-0.15, -0.1) is 0 Å². The molecular formula is C16H29NOS. The Hall–Kier alpha value is 0.270. The van der Waals surface area contributed by atoms with Gasteiger partial charge in [0.25, 0.3) is 0 Å². The summed E-state index contributed by atoms with van der Waals surface area (Å²) in [6.45, 7) is 5.32. The van der Waals surface area contributed by atoms with E-state index >= 15 is 0 Å². The van der Waals surface area contributed by atoms with Crippen LogP contribution in [0, 0.1) is 5.41 Å². The zero-order valence-corrected chi connectivity index (χ0v) is 13.3. The van der Waals surface area contributed by atoms with Crippen molar-refractivity contribution in [3.05, 3.63) is 0 Å². The van der Waals surface area contributed by atoms with Crippen LogP contribution in [0.15, 0.2) is 0 Å². The summed E-state index contributed by atoms with van der Waals surface area (Å²) in [5.74, 6) is 1.26. The normalized spacial score (nSPS) is 40.1. The predicted molar refractivity (Wildman–Crippen MR) is 82.8 cm³/mol. The van der Waals surface area contributed by atoms with Crippen LogP contribution >= 0.6 is 11.8 Å². The van der Waals surface area contributed by atoms with E-state index in [-0.39, 0.29) is 0 Å². The van der Waals surface area contributed by atoms with Gasteiger partial charge in [0.15, 0.2) is 0 Å². The van der Waals surface area contributed by atoms with E-state index in [4.69, 9.17) is 4.74 Å². The van der Waals surface area contributed by atoms with E-state index in [0.717, 1.165) is 23.9 Å². The van der Waals surface area contributed by atoms with E-state index in [1.54, 1.807) is 0 Å². The lowest BCUT2D eigenvalue weighted by Crippen LogP contribution is -2.68. The molecule has 0 aromatic heterocycles. The highest BCUT2D eigenvalue weighted by Crippen LogP contribution is 2.57. The van der Waals surface area contributed by atoms with Crippen molar-refractivity contribution in [2.45, 2.75) is 82.2 Å². The Morgan fingerprint density at radius 1 is 1.21 bits per heavy atom. The highest BCUT2D eigenvalue weighted by molar-refractivity contribution is 7.99. The number of thioether (sulfide) groups is 1. The minimum Gasteiger partial charge on any atom is -0.378 e. The molecule has 3 heteroatoms. The molecule has 2 nitrogen and oxygen atoms in total. The second kappa shape index (κ2) is 5.95. The number of rotatable bonds is 6. The third-order valence-electron chi connectivity index (χ3n) is 5.69. The van der Waals surface area contributed by atoms with Gasteiger partial charge < -0.3 is 10.1 Å². The smallest absolute Gasteiger partial charge is 0.0661 e. The molecule has 3 saturated carbocycles. The van der Waals surface area contributed by atoms with Crippen LogP contribution < -0.4 is 5.32 Å². The SMILES string of the molecule is CCOC1CC(NC2CCCC2SCC)C12CCC2. The molecule has 3 rings (SSSR count). The average Bonchev–Trinajstić information content (AvgIpc) is 2.73. The largest absolute Gasteiger partial charge is 0.378 e. The molecule has 19 heavy (non-hydrogen) atoms. The molecule has 0 aromatic carbocycles. The van der Waals surface area contributed by atoms with Gasteiger partial charge in [0, 0.05) is 29.4 Å². The van der Waals surface area contributed by atoms with Gasteiger partial charge in [-0.05, 0) is 44.8 Å². The van der Waals surface area contributed by atoms with Crippen LogP contribution in [0.2, 0.25) is 0 Å². The van der Waals surface area contributed by atoms with E-state index in [9.17, 15) is 0 Å². The van der Waals surface area contributed by atoms with Crippen molar-refractivity contribution in [3.8, 4) is 0 Å². The topological polar surface area (TPSA) is 21.3 Å². The Labute approximate surface area is 122 Å². The molecular weight excluding hydrogens is 254 g/mol. The van der Waals surface area contributed by atoms with E-state index in [1.165, 1.54) is 50.7 Å². The molecule has 3 aliphatic carbocycles. The Morgan fingerprint density at radius 2 is 2.05 bits per heavy atom. The van der Waals surface area contributed by atoms with Crippen LogP contribution in [-0.4, -0.2) is 35.8 Å². The first kappa shape index (κ1) is 14.2. The molecule has 110 valence electrons. The van der Waals surface area contributed by atoms with Crippen LogP contribution in [0.5, 0.6) is 0 Å². The van der Waals surface area contributed by atoms with Crippen LogP contribution in [0.4, 0.5) is 0 Å². The Morgan fingerprint density at radius 3 is 2.68 bits per heavy atom. The molecule has 0 saturated heterocycles. The van der Waals surface area contributed by atoms with Crippen molar-refractivity contribution in [3.63, 3.8) is 0 Å². The van der Waals surface area contributed by atoms with Gasteiger partial charge in [-0.25, -0.2) is 0 Å². The Balaban J connectivity index is 1.56. The fourth-order valence-electron chi connectivity index (χ4n) is 4.46. The molecule has 4 atom stereocenters. The van der Waals surface area contributed by atoms with Crippen molar-refractivity contribution in [1.29, 1.82) is 0 Å². The molecule has 0 amide bonds. The highest BCUT2D eigenvalue weighted by Gasteiger charge is 2.59. The lowest BCUT2D eigenvalue weighted by atomic mass is 9.51. The van der Waals surface area contributed by atoms with Gasteiger partial charge >= 0.3 is 0 Å². The molecule has 1 spiro atoms. The van der Waals surface area contributed by atoms with E-state index in [2.05, 4.69) is 30.9 Å². The maximum Gasteiger partial charge on any atom is 0.0661 e. The fourth-order valence-corrected chi connectivity index (χ4v) is 5.67. The van der Waals surface area contributed by atoms with E-state index in [0.29, 0.717) is 11.5 Å². The number of nitrogens with one attached hydrogen (secondary N) is 1. The number of hydrogen-bond donors (Lipinski definition) is 1. The van der Waals surface area contributed by atoms with E-state index < -0.39 is 0 Å². The first-order valence-corrected chi connectivity index (χ1v) is 9.34. The molecule has 3 aliphatic rings. The molecule has 0 heterocycles. The number of hydrogen-bond acceptors (Lipinski definition) is 3.